The number of nitrogens with one attached hydrogen (secondary N) is 4. The molecule has 1 heterocycles. The molecule has 12 nitrogen and oxygen atoms in total. The SMILES string of the molecule is CCC(C)C(N)C(=O)NC(Cc1ccc(O)cc1)C(=O)NC(Cc1ccccc1)C(=O)NC(Cc1cnc[nH]1)C(=O)O. The zero-order valence-corrected chi connectivity index (χ0v) is 23.6. The Kier molecular flexibility index (Phi) is 11.6. The number of phenolic OH excluding ortho intramolecular Hbond substituents is 1. The molecule has 0 saturated heterocycles. The van der Waals surface area contributed by atoms with Crippen LogP contribution in [0.3, 0.4) is 0 Å². The van der Waals surface area contributed by atoms with Gasteiger partial charge in [-0.05, 0) is 29.2 Å². The highest BCUT2D eigenvalue weighted by molar-refractivity contribution is 5.94. The zero-order chi connectivity index (χ0) is 30.6. The van der Waals surface area contributed by atoms with Crippen LogP contribution >= 0.6 is 0 Å². The Bertz CT molecular complexity index is 1320. The molecule has 12 heteroatoms. The molecule has 0 aliphatic heterocycles. The van der Waals surface area contributed by atoms with E-state index in [4.69, 9.17) is 5.73 Å². The molecule has 224 valence electrons. The molecule has 0 aliphatic rings. The van der Waals surface area contributed by atoms with E-state index in [9.17, 15) is 29.4 Å². The highest BCUT2D eigenvalue weighted by Gasteiger charge is 2.31. The molecule has 3 aromatic rings. The molecule has 0 aliphatic carbocycles. The number of imidazole rings is 1. The van der Waals surface area contributed by atoms with Crippen molar-refractivity contribution in [3.05, 3.63) is 83.9 Å². The lowest BCUT2D eigenvalue weighted by atomic mass is 9.98. The van der Waals surface area contributed by atoms with Crippen LogP contribution in [0.15, 0.2) is 67.1 Å². The van der Waals surface area contributed by atoms with Gasteiger partial charge < -0.3 is 36.9 Å². The number of aromatic amines is 1. The lowest BCUT2D eigenvalue weighted by Gasteiger charge is -2.26. The maximum atomic E-state index is 13.7. The molecule has 5 unspecified atom stereocenters. The number of carboxylic acids is 1. The second-order valence-electron chi connectivity index (χ2n) is 10.3. The van der Waals surface area contributed by atoms with Crippen LogP contribution in [0.25, 0.3) is 0 Å². The fourth-order valence-corrected chi connectivity index (χ4v) is 4.28. The number of H-pyrrole nitrogens is 1. The number of hydrogen-bond donors (Lipinski definition) is 7. The van der Waals surface area contributed by atoms with Crippen LogP contribution in [0, 0.1) is 5.92 Å². The highest BCUT2D eigenvalue weighted by atomic mass is 16.4. The van der Waals surface area contributed by atoms with Gasteiger partial charge in [0, 0.05) is 31.2 Å². The van der Waals surface area contributed by atoms with Crippen molar-refractivity contribution in [1.82, 2.24) is 25.9 Å². The molecule has 8 N–H and O–H groups in total. The van der Waals surface area contributed by atoms with Crippen LogP contribution in [0.2, 0.25) is 0 Å². The first kappa shape index (κ1) is 31.8. The van der Waals surface area contributed by atoms with E-state index in [0.29, 0.717) is 17.7 Å². The number of carbonyl (C=O) groups is 4. The molecular weight excluding hydrogens is 540 g/mol. The van der Waals surface area contributed by atoms with E-state index in [-0.39, 0.29) is 30.9 Å². The molecule has 0 fully saturated rings. The number of carbonyl (C=O) groups excluding carboxylic acids is 3. The quantitative estimate of drug-likeness (QED) is 0.139. The minimum Gasteiger partial charge on any atom is -0.508 e. The van der Waals surface area contributed by atoms with Gasteiger partial charge in [0.2, 0.25) is 17.7 Å². The van der Waals surface area contributed by atoms with Gasteiger partial charge in [-0.3, -0.25) is 14.4 Å². The standard InChI is InChI=1S/C30H38N6O6/c1-3-18(2)26(31)29(40)35-24(14-20-9-11-22(37)12-10-20)27(38)34-23(13-19-7-5-4-6-8-19)28(39)36-25(30(41)42)15-21-16-32-17-33-21/h4-12,16-18,23-26,37H,3,13-15,31H2,1-2H3,(H,32,33)(H,34,38)(H,35,40)(H,36,39)(H,41,42). The van der Waals surface area contributed by atoms with Gasteiger partial charge in [-0.25, -0.2) is 9.78 Å². The number of aliphatic carboxylic acids is 1. The average Bonchev–Trinajstić information content (AvgIpc) is 3.50. The van der Waals surface area contributed by atoms with Crippen LogP contribution in [0.4, 0.5) is 0 Å². The summed E-state index contributed by atoms with van der Waals surface area (Å²) in [6, 6.07) is 10.7. The van der Waals surface area contributed by atoms with Gasteiger partial charge in [0.1, 0.15) is 23.9 Å². The van der Waals surface area contributed by atoms with Crippen molar-refractivity contribution in [2.45, 2.75) is 63.7 Å². The smallest absolute Gasteiger partial charge is 0.326 e. The third-order valence-corrected chi connectivity index (χ3v) is 7.08. The largest absolute Gasteiger partial charge is 0.508 e. The molecule has 3 amide bonds. The number of aromatic nitrogens is 2. The fraction of sp³-hybridized carbons (Fsp3) is 0.367. The van der Waals surface area contributed by atoms with Crippen LogP contribution < -0.4 is 21.7 Å². The van der Waals surface area contributed by atoms with Gasteiger partial charge in [0.25, 0.3) is 0 Å². The first-order valence-electron chi connectivity index (χ1n) is 13.8. The van der Waals surface area contributed by atoms with Crippen molar-refractivity contribution in [3.8, 4) is 5.75 Å². The number of phenols is 1. The second kappa shape index (κ2) is 15.3. The third kappa shape index (κ3) is 9.44. The van der Waals surface area contributed by atoms with E-state index in [2.05, 4.69) is 25.9 Å². The number of nitrogens with zero attached hydrogens (tertiary/aromatic N) is 1. The Morgan fingerprint density at radius 1 is 0.833 bits per heavy atom. The van der Waals surface area contributed by atoms with Crippen molar-refractivity contribution in [1.29, 1.82) is 0 Å². The number of aromatic hydroxyl groups is 1. The normalized spacial score (nSPS) is 14.5. The molecule has 0 bridgehead atoms. The maximum Gasteiger partial charge on any atom is 0.326 e. The summed E-state index contributed by atoms with van der Waals surface area (Å²) >= 11 is 0. The Labute approximate surface area is 244 Å². The first-order valence-corrected chi connectivity index (χ1v) is 13.8. The number of rotatable bonds is 15. The Hall–Kier alpha value is -4.71. The third-order valence-electron chi connectivity index (χ3n) is 7.08. The van der Waals surface area contributed by atoms with Gasteiger partial charge in [-0.15, -0.1) is 0 Å². The van der Waals surface area contributed by atoms with E-state index in [1.165, 1.54) is 24.7 Å². The van der Waals surface area contributed by atoms with Gasteiger partial charge in [-0.2, -0.15) is 0 Å². The summed E-state index contributed by atoms with van der Waals surface area (Å²) in [4.78, 5) is 58.7. The highest BCUT2D eigenvalue weighted by Crippen LogP contribution is 2.13. The monoisotopic (exact) mass is 578 g/mol. The Balaban J connectivity index is 1.85. The topological polar surface area (TPSA) is 200 Å². The Morgan fingerprint density at radius 3 is 1.90 bits per heavy atom. The van der Waals surface area contributed by atoms with Crippen molar-refractivity contribution >= 4 is 23.7 Å². The first-order chi connectivity index (χ1) is 20.1. The average molecular weight is 579 g/mol. The van der Waals surface area contributed by atoms with Crippen LogP contribution in [0.1, 0.15) is 37.1 Å². The number of amides is 3. The van der Waals surface area contributed by atoms with E-state index in [0.717, 1.165) is 5.56 Å². The lowest BCUT2D eigenvalue weighted by Crippen LogP contribution is -2.58. The van der Waals surface area contributed by atoms with Gasteiger partial charge in [0.05, 0.1) is 12.4 Å². The summed E-state index contributed by atoms with van der Waals surface area (Å²) in [6.07, 6.45) is 3.62. The number of nitrogens with two attached hydrogens (primary N) is 1. The predicted octanol–water partition coefficient (Wildman–Crippen LogP) is 1.06. The zero-order valence-electron chi connectivity index (χ0n) is 23.6. The number of benzene rings is 2. The van der Waals surface area contributed by atoms with E-state index in [1.807, 2.05) is 19.9 Å². The molecule has 2 aromatic carbocycles. The maximum absolute atomic E-state index is 13.7. The molecular formula is C30H38N6O6. The van der Waals surface area contributed by atoms with Crippen LogP contribution in [-0.2, 0) is 38.4 Å². The molecule has 42 heavy (non-hydrogen) atoms. The van der Waals surface area contributed by atoms with Gasteiger partial charge >= 0.3 is 5.97 Å². The summed E-state index contributed by atoms with van der Waals surface area (Å²) in [7, 11) is 0. The lowest BCUT2D eigenvalue weighted by molar-refractivity contribution is -0.142. The predicted molar refractivity (Wildman–Crippen MR) is 155 cm³/mol. The summed E-state index contributed by atoms with van der Waals surface area (Å²) in [5.41, 5.74) is 8.02. The van der Waals surface area contributed by atoms with Crippen molar-refractivity contribution < 1.29 is 29.4 Å². The van der Waals surface area contributed by atoms with Crippen molar-refractivity contribution in [2.75, 3.05) is 0 Å². The molecule has 0 spiro atoms. The van der Waals surface area contributed by atoms with Crippen molar-refractivity contribution in [2.24, 2.45) is 11.7 Å². The molecule has 3 rings (SSSR count). The van der Waals surface area contributed by atoms with Crippen LogP contribution in [0.5, 0.6) is 5.75 Å². The molecule has 0 radical (unpaired) electrons. The summed E-state index contributed by atoms with van der Waals surface area (Å²) in [5.74, 6) is -3.21. The number of carboxylic acid groups (broad SMARTS) is 1. The fourth-order valence-electron chi connectivity index (χ4n) is 4.28. The summed E-state index contributed by atoms with van der Waals surface area (Å²) in [5, 5.41) is 27.4. The van der Waals surface area contributed by atoms with Crippen molar-refractivity contribution in [3.63, 3.8) is 0 Å². The Morgan fingerprint density at radius 2 is 1.38 bits per heavy atom. The second-order valence-corrected chi connectivity index (χ2v) is 10.3. The molecule has 0 saturated carbocycles. The minimum absolute atomic E-state index is 0.0416. The van der Waals surface area contributed by atoms with Gasteiger partial charge in [0.15, 0.2) is 0 Å². The number of hydrogen-bond acceptors (Lipinski definition) is 7. The summed E-state index contributed by atoms with van der Waals surface area (Å²) in [6.45, 7) is 3.74. The molecule has 5 atom stereocenters. The minimum atomic E-state index is -1.28. The van der Waals surface area contributed by atoms with E-state index in [1.54, 1.807) is 36.4 Å². The van der Waals surface area contributed by atoms with Crippen LogP contribution in [-0.4, -0.2) is 68.0 Å². The van der Waals surface area contributed by atoms with E-state index < -0.39 is 47.9 Å². The van der Waals surface area contributed by atoms with Gasteiger partial charge in [-0.1, -0.05) is 62.7 Å². The van der Waals surface area contributed by atoms with E-state index >= 15 is 0 Å². The summed E-state index contributed by atoms with van der Waals surface area (Å²) < 4.78 is 0. The molecule has 1 aromatic heterocycles.